The summed E-state index contributed by atoms with van der Waals surface area (Å²) in [5.41, 5.74) is 6.79. The van der Waals surface area contributed by atoms with Crippen molar-refractivity contribution in [3.8, 4) is 17.2 Å². The van der Waals surface area contributed by atoms with Crippen LogP contribution in [0.15, 0.2) is 6.07 Å². The van der Waals surface area contributed by atoms with Gasteiger partial charge in [0.1, 0.15) is 5.69 Å². The maximum Gasteiger partial charge on any atom is 0.647 e. The molecule has 0 radical (unpaired) electrons. The Morgan fingerprint density at radius 1 is 1.36 bits per heavy atom. The monoisotopic (exact) mass is 214 g/mol. The van der Waals surface area contributed by atoms with Gasteiger partial charge in [-0.1, -0.05) is 0 Å². The molecule has 0 fully saturated rings. The highest BCUT2D eigenvalue weighted by atomic mass is 31.2. The van der Waals surface area contributed by atoms with Crippen molar-refractivity contribution in [2.75, 3.05) is 18.1 Å². The van der Waals surface area contributed by atoms with Gasteiger partial charge in [0.05, 0.1) is 5.69 Å². The first kappa shape index (κ1) is 7.82. The Labute approximate surface area is 79.6 Å². The van der Waals surface area contributed by atoms with Gasteiger partial charge in [-0.25, -0.2) is 0 Å². The van der Waals surface area contributed by atoms with Crippen molar-refractivity contribution in [3.63, 3.8) is 0 Å². The van der Waals surface area contributed by atoms with Gasteiger partial charge in [-0.15, -0.1) is 0 Å². The molecular weight excluding hydrogens is 207 g/mol. The van der Waals surface area contributed by atoms with E-state index in [4.69, 9.17) is 19.3 Å². The predicted octanol–water partition coefficient (Wildman–Crippen LogP) is 1.58. The van der Waals surface area contributed by atoms with Gasteiger partial charge in [0.2, 0.25) is 11.5 Å². The van der Waals surface area contributed by atoms with Crippen LogP contribution >= 0.6 is 7.82 Å². The summed E-state index contributed by atoms with van der Waals surface area (Å²) in [6, 6.07) is 1.64. The first-order valence-electron chi connectivity index (χ1n) is 3.96. The fourth-order valence-electron chi connectivity index (χ4n) is 1.48. The molecule has 1 atom stereocenters. The van der Waals surface area contributed by atoms with Crippen LogP contribution in [0.2, 0.25) is 0 Å². The number of nitrogens with one attached hydrogen (secondary N) is 1. The van der Waals surface area contributed by atoms with E-state index in [-0.39, 0.29) is 0 Å². The number of nitrogen functional groups attached to an aromatic ring is 1. The molecule has 1 aromatic rings. The van der Waals surface area contributed by atoms with E-state index in [1.807, 2.05) is 0 Å². The summed E-state index contributed by atoms with van der Waals surface area (Å²) in [5.74, 6) is 1.06. The number of hydrogen-bond donors (Lipinski definition) is 2. The normalized spacial score (nSPS) is 25.2. The second kappa shape index (κ2) is 2.09. The van der Waals surface area contributed by atoms with Crippen molar-refractivity contribution in [3.05, 3.63) is 6.07 Å². The molecule has 0 aromatic heterocycles. The Morgan fingerprint density at radius 2 is 2.07 bits per heavy atom. The van der Waals surface area contributed by atoms with Crippen LogP contribution in [0.4, 0.5) is 11.4 Å². The average molecular weight is 214 g/mol. The van der Waals surface area contributed by atoms with Crippen LogP contribution in [-0.2, 0) is 4.57 Å². The highest BCUT2D eigenvalue weighted by Crippen LogP contribution is 2.71. The molecule has 2 aliphatic rings. The predicted molar refractivity (Wildman–Crippen MR) is 49.9 cm³/mol. The number of rotatable bonds is 1. The summed E-state index contributed by atoms with van der Waals surface area (Å²) in [4.78, 5) is 0. The van der Waals surface area contributed by atoms with E-state index in [9.17, 15) is 4.57 Å². The smallest absolute Gasteiger partial charge is 0.394 e. The van der Waals surface area contributed by atoms with E-state index in [0.717, 1.165) is 0 Å². The van der Waals surface area contributed by atoms with Crippen LogP contribution in [0.1, 0.15) is 0 Å². The van der Waals surface area contributed by atoms with Gasteiger partial charge in [0.25, 0.3) is 0 Å². The molecule has 7 heteroatoms. The van der Waals surface area contributed by atoms with Gasteiger partial charge in [0.15, 0.2) is 5.75 Å². The lowest BCUT2D eigenvalue weighted by molar-refractivity contribution is 0.355. The van der Waals surface area contributed by atoms with Crippen LogP contribution in [0.5, 0.6) is 17.2 Å². The molecule has 2 bridgehead atoms. The van der Waals surface area contributed by atoms with Crippen LogP contribution in [0, 0.1) is 0 Å². The summed E-state index contributed by atoms with van der Waals surface area (Å²) in [6.45, 7) is 0. The molecule has 6 nitrogen and oxygen atoms in total. The van der Waals surface area contributed by atoms with Gasteiger partial charge >= 0.3 is 7.82 Å². The highest BCUT2D eigenvalue weighted by molar-refractivity contribution is 7.50. The lowest BCUT2D eigenvalue weighted by Crippen LogP contribution is -2.03. The van der Waals surface area contributed by atoms with Crippen molar-refractivity contribution in [2.24, 2.45) is 0 Å². The third-order valence-electron chi connectivity index (χ3n) is 2.13. The largest absolute Gasteiger partial charge is 0.647 e. The van der Waals surface area contributed by atoms with Crippen molar-refractivity contribution < 1.29 is 18.1 Å². The minimum absolute atomic E-state index is 0.307. The molecule has 74 valence electrons. The third-order valence-corrected chi connectivity index (χ3v) is 3.36. The molecular formula is C7H7N2O4P. The number of nitrogens with two attached hydrogens (primary N) is 1. The number of phosphoric acid groups is 1. The SMILES string of the molecule is CNc1cc2c3c(c1N)OP(=O)(O2)O3. The number of hydrogen-bond acceptors (Lipinski definition) is 6. The second-order valence-corrected chi connectivity index (χ2v) is 4.41. The highest BCUT2D eigenvalue weighted by Gasteiger charge is 2.51. The quantitative estimate of drug-likeness (QED) is 0.545. The Bertz CT molecular complexity index is 487. The van der Waals surface area contributed by atoms with Crippen LogP contribution in [-0.4, -0.2) is 7.05 Å². The van der Waals surface area contributed by atoms with E-state index in [0.29, 0.717) is 28.6 Å². The number of phosphoric ester groups is 1. The maximum atomic E-state index is 11.5. The molecule has 0 saturated heterocycles. The zero-order valence-electron chi connectivity index (χ0n) is 7.23. The van der Waals surface area contributed by atoms with Crippen LogP contribution in [0.3, 0.4) is 0 Å². The maximum absolute atomic E-state index is 11.5. The minimum atomic E-state index is -3.41. The van der Waals surface area contributed by atoms with E-state index in [1.165, 1.54) is 0 Å². The molecule has 3 rings (SSSR count). The Balaban J connectivity index is 2.31. The first-order valence-corrected chi connectivity index (χ1v) is 5.42. The second-order valence-electron chi connectivity index (χ2n) is 2.97. The van der Waals surface area contributed by atoms with Crippen molar-refractivity contribution in [1.29, 1.82) is 0 Å². The van der Waals surface area contributed by atoms with Crippen molar-refractivity contribution in [2.45, 2.75) is 0 Å². The fraction of sp³-hybridized carbons (Fsp3) is 0.143. The molecule has 2 heterocycles. The number of fused-ring (bicyclic) bond motifs is 1. The topological polar surface area (TPSA) is 82.8 Å². The van der Waals surface area contributed by atoms with Gasteiger partial charge < -0.3 is 24.6 Å². The van der Waals surface area contributed by atoms with E-state index >= 15 is 0 Å². The summed E-state index contributed by atoms with van der Waals surface area (Å²) in [7, 11) is -1.69. The molecule has 3 N–H and O–H groups in total. The fourth-order valence-corrected chi connectivity index (χ4v) is 2.77. The molecule has 0 saturated carbocycles. The standard InChI is InChI=1S/C7H7N2O4P/c1-9-3-2-4-6-7(5(3)8)13-14(10,11-4)12-6/h2,9H,8H2,1H3. The zero-order valence-corrected chi connectivity index (χ0v) is 8.13. The zero-order chi connectivity index (χ0) is 9.92. The van der Waals surface area contributed by atoms with Crippen LogP contribution < -0.4 is 24.6 Å². The molecule has 2 aliphatic heterocycles. The Hall–Kier alpha value is -1.55. The lowest BCUT2D eigenvalue weighted by atomic mass is 10.2. The molecule has 0 spiro atoms. The number of benzene rings is 1. The summed E-state index contributed by atoms with van der Waals surface area (Å²) in [5, 5.41) is 2.87. The Kier molecular flexibility index (Phi) is 1.17. The third kappa shape index (κ3) is 0.743. The molecule has 14 heavy (non-hydrogen) atoms. The molecule has 1 aromatic carbocycles. The minimum Gasteiger partial charge on any atom is -0.394 e. The van der Waals surface area contributed by atoms with Gasteiger partial charge in [-0.05, 0) is 0 Å². The summed E-state index contributed by atoms with van der Waals surface area (Å²) < 4.78 is 26.5. The lowest BCUT2D eigenvalue weighted by Gasteiger charge is -2.14. The summed E-state index contributed by atoms with van der Waals surface area (Å²) >= 11 is 0. The molecule has 0 amide bonds. The Morgan fingerprint density at radius 3 is 2.71 bits per heavy atom. The van der Waals surface area contributed by atoms with Crippen LogP contribution in [0.25, 0.3) is 0 Å². The van der Waals surface area contributed by atoms with E-state index in [2.05, 4.69) is 5.32 Å². The number of anilines is 2. The molecule has 0 aliphatic carbocycles. The first-order chi connectivity index (χ1) is 6.63. The molecule has 1 unspecified atom stereocenters. The van der Waals surface area contributed by atoms with Gasteiger partial charge in [0, 0.05) is 13.1 Å². The van der Waals surface area contributed by atoms with Gasteiger partial charge in [-0.3, -0.25) is 0 Å². The average Bonchev–Trinajstić information content (AvgIpc) is 2.64. The van der Waals surface area contributed by atoms with Gasteiger partial charge in [-0.2, -0.15) is 4.57 Å². The van der Waals surface area contributed by atoms with E-state index < -0.39 is 7.82 Å². The summed E-state index contributed by atoms with van der Waals surface area (Å²) in [6.07, 6.45) is 0. The van der Waals surface area contributed by atoms with E-state index in [1.54, 1.807) is 13.1 Å². The van der Waals surface area contributed by atoms with Crippen molar-refractivity contribution >= 4 is 19.2 Å². The van der Waals surface area contributed by atoms with Crippen molar-refractivity contribution in [1.82, 2.24) is 0 Å².